The van der Waals surface area contributed by atoms with Gasteiger partial charge in [0.15, 0.2) is 0 Å². The summed E-state index contributed by atoms with van der Waals surface area (Å²) >= 11 is 18.0. The summed E-state index contributed by atoms with van der Waals surface area (Å²) in [5.74, 6) is -0.278. The molecule has 0 saturated heterocycles. The number of carbonyl (C=O) groups is 1. The average Bonchev–Trinajstić information content (AvgIpc) is 3.10. The highest BCUT2D eigenvalue weighted by Crippen LogP contribution is 2.26. The van der Waals surface area contributed by atoms with Crippen molar-refractivity contribution in [3.05, 3.63) is 64.1 Å². The number of hydrogen-bond donors (Lipinski definition) is 2. The van der Waals surface area contributed by atoms with E-state index in [1.54, 1.807) is 36.4 Å². The molecule has 3 aromatic rings. The Labute approximate surface area is 158 Å². The van der Waals surface area contributed by atoms with Gasteiger partial charge in [-0.1, -0.05) is 34.8 Å². The first-order valence-corrected chi connectivity index (χ1v) is 8.29. The zero-order chi connectivity index (χ0) is 17.8. The lowest BCUT2D eigenvalue weighted by molar-refractivity contribution is -0.114. The van der Waals surface area contributed by atoms with Crippen molar-refractivity contribution in [2.24, 2.45) is 0 Å². The van der Waals surface area contributed by atoms with Crippen molar-refractivity contribution in [1.29, 1.82) is 0 Å². The van der Waals surface area contributed by atoms with Gasteiger partial charge in [-0.05, 0) is 36.4 Å². The molecule has 0 atom stereocenters. The molecule has 0 bridgehead atoms. The lowest BCUT2D eigenvalue weighted by Gasteiger charge is -2.13. The van der Waals surface area contributed by atoms with E-state index in [0.29, 0.717) is 32.1 Å². The van der Waals surface area contributed by atoms with Crippen LogP contribution < -0.4 is 10.6 Å². The van der Waals surface area contributed by atoms with Crippen molar-refractivity contribution in [3.8, 4) is 5.69 Å². The lowest BCUT2D eigenvalue weighted by atomic mass is 10.2. The Morgan fingerprint density at radius 1 is 1.04 bits per heavy atom. The maximum Gasteiger partial charge on any atom is 0.243 e. The van der Waals surface area contributed by atoms with Crippen molar-refractivity contribution in [3.63, 3.8) is 0 Å². The number of nitrogens with one attached hydrogen (secondary N) is 2. The van der Waals surface area contributed by atoms with Crippen LogP contribution in [0.25, 0.3) is 5.69 Å². The van der Waals surface area contributed by atoms with Gasteiger partial charge in [0, 0.05) is 10.0 Å². The third-order valence-corrected chi connectivity index (χ3v) is 4.07. The van der Waals surface area contributed by atoms with Crippen LogP contribution in [-0.4, -0.2) is 27.2 Å². The molecule has 0 aliphatic carbocycles. The Morgan fingerprint density at radius 2 is 1.76 bits per heavy atom. The van der Waals surface area contributed by atoms with Gasteiger partial charge in [0.05, 0.1) is 28.6 Å². The number of amides is 1. The number of halogens is 3. The molecule has 1 amide bonds. The molecule has 6 nitrogen and oxygen atoms in total. The van der Waals surface area contributed by atoms with Gasteiger partial charge in [0.25, 0.3) is 0 Å². The number of anilines is 2. The SMILES string of the molecule is O=C(CNc1cc(Cl)ccc1Cl)Nc1cc(Cl)ccc1-n1cncn1. The molecule has 2 aromatic carbocycles. The Kier molecular flexibility index (Phi) is 5.43. The normalized spacial score (nSPS) is 10.5. The molecule has 1 aromatic heterocycles. The molecule has 0 radical (unpaired) electrons. The van der Waals surface area contributed by atoms with Gasteiger partial charge in [-0.3, -0.25) is 4.79 Å². The highest BCUT2D eigenvalue weighted by molar-refractivity contribution is 6.35. The smallest absolute Gasteiger partial charge is 0.243 e. The van der Waals surface area contributed by atoms with Crippen LogP contribution in [0.5, 0.6) is 0 Å². The molecule has 0 unspecified atom stereocenters. The molecule has 0 aliphatic rings. The van der Waals surface area contributed by atoms with Crippen molar-refractivity contribution in [2.75, 3.05) is 17.2 Å². The third-order valence-electron chi connectivity index (χ3n) is 3.27. The number of nitrogens with zero attached hydrogens (tertiary/aromatic N) is 3. The number of carbonyl (C=O) groups excluding carboxylic acids is 1. The van der Waals surface area contributed by atoms with Crippen molar-refractivity contribution >= 4 is 52.1 Å². The average molecular weight is 397 g/mol. The summed E-state index contributed by atoms with van der Waals surface area (Å²) in [7, 11) is 0. The van der Waals surface area contributed by atoms with Crippen LogP contribution in [0.15, 0.2) is 49.1 Å². The van der Waals surface area contributed by atoms with E-state index in [-0.39, 0.29) is 12.5 Å². The predicted octanol–water partition coefficient (Wildman–Crippen LogP) is 4.28. The Balaban J connectivity index is 1.73. The largest absolute Gasteiger partial charge is 0.375 e. The van der Waals surface area contributed by atoms with Gasteiger partial charge in [0.1, 0.15) is 12.7 Å². The van der Waals surface area contributed by atoms with E-state index < -0.39 is 0 Å². The first kappa shape index (κ1) is 17.5. The van der Waals surface area contributed by atoms with Gasteiger partial charge < -0.3 is 10.6 Å². The quantitative estimate of drug-likeness (QED) is 0.675. The first-order chi connectivity index (χ1) is 12.0. The Bertz CT molecular complexity index is 899. The second kappa shape index (κ2) is 7.74. The standard InChI is InChI=1S/C16H12Cl3N5O/c17-10-1-3-12(19)13(5-10)21-7-16(25)23-14-6-11(18)2-4-15(14)24-9-20-8-22-24/h1-6,8-9,21H,7H2,(H,23,25). The topological polar surface area (TPSA) is 71.8 Å². The van der Waals surface area contributed by atoms with E-state index in [9.17, 15) is 4.79 Å². The zero-order valence-corrected chi connectivity index (χ0v) is 15.0. The molecule has 0 aliphatic heterocycles. The van der Waals surface area contributed by atoms with Gasteiger partial charge >= 0.3 is 0 Å². The van der Waals surface area contributed by atoms with Gasteiger partial charge in [-0.15, -0.1) is 0 Å². The highest BCUT2D eigenvalue weighted by Gasteiger charge is 2.11. The summed E-state index contributed by atoms with van der Waals surface area (Å²) in [4.78, 5) is 16.2. The summed E-state index contributed by atoms with van der Waals surface area (Å²) in [6.07, 6.45) is 2.94. The summed E-state index contributed by atoms with van der Waals surface area (Å²) in [5, 5.41) is 11.3. The van der Waals surface area contributed by atoms with E-state index in [0.717, 1.165) is 0 Å². The molecular formula is C16H12Cl3N5O. The minimum Gasteiger partial charge on any atom is -0.375 e. The van der Waals surface area contributed by atoms with Gasteiger partial charge in [0.2, 0.25) is 5.91 Å². The number of rotatable bonds is 5. The van der Waals surface area contributed by atoms with Gasteiger partial charge in [-0.25, -0.2) is 9.67 Å². The summed E-state index contributed by atoms with van der Waals surface area (Å²) < 4.78 is 1.53. The van der Waals surface area contributed by atoms with Gasteiger partial charge in [-0.2, -0.15) is 5.10 Å². The molecule has 25 heavy (non-hydrogen) atoms. The summed E-state index contributed by atoms with van der Waals surface area (Å²) in [5.41, 5.74) is 1.74. The fourth-order valence-electron chi connectivity index (χ4n) is 2.14. The Hall–Kier alpha value is -2.28. The van der Waals surface area contributed by atoms with Crippen LogP contribution >= 0.6 is 34.8 Å². The van der Waals surface area contributed by atoms with Crippen LogP contribution in [0.2, 0.25) is 15.1 Å². The Morgan fingerprint density at radius 3 is 2.48 bits per heavy atom. The molecule has 9 heteroatoms. The zero-order valence-electron chi connectivity index (χ0n) is 12.7. The van der Waals surface area contributed by atoms with Crippen LogP contribution in [0.3, 0.4) is 0 Å². The molecule has 0 saturated carbocycles. The van der Waals surface area contributed by atoms with E-state index in [4.69, 9.17) is 34.8 Å². The fourth-order valence-corrected chi connectivity index (χ4v) is 2.67. The van der Waals surface area contributed by atoms with Crippen molar-refractivity contribution in [1.82, 2.24) is 14.8 Å². The molecule has 0 spiro atoms. The first-order valence-electron chi connectivity index (χ1n) is 7.16. The number of hydrogen-bond acceptors (Lipinski definition) is 4. The van der Waals surface area contributed by atoms with Crippen LogP contribution in [-0.2, 0) is 4.79 Å². The minimum atomic E-state index is -0.278. The van der Waals surface area contributed by atoms with E-state index >= 15 is 0 Å². The maximum absolute atomic E-state index is 12.3. The molecule has 3 rings (SSSR count). The van der Waals surface area contributed by atoms with E-state index in [2.05, 4.69) is 20.7 Å². The highest BCUT2D eigenvalue weighted by atomic mass is 35.5. The minimum absolute atomic E-state index is 0.00335. The van der Waals surface area contributed by atoms with Crippen molar-refractivity contribution in [2.45, 2.75) is 0 Å². The van der Waals surface area contributed by atoms with Crippen LogP contribution in [0.1, 0.15) is 0 Å². The summed E-state index contributed by atoms with van der Waals surface area (Å²) in [6.45, 7) is 0.00335. The molecule has 128 valence electrons. The number of benzene rings is 2. The van der Waals surface area contributed by atoms with Crippen LogP contribution in [0, 0.1) is 0 Å². The monoisotopic (exact) mass is 395 g/mol. The number of aromatic nitrogens is 3. The van der Waals surface area contributed by atoms with E-state index in [1.807, 2.05) is 0 Å². The van der Waals surface area contributed by atoms with Crippen molar-refractivity contribution < 1.29 is 4.79 Å². The molecule has 0 fully saturated rings. The summed E-state index contributed by atoms with van der Waals surface area (Å²) in [6, 6.07) is 10.1. The van der Waals surface area contributed by atoms with E-state index in [1.165, 1.54) is 17.3 Å². The second-order valence-corrected chi connectivity index (χ2v) is 6.31. The fraction of sp³-hybridized carbons (Fsp3) is 0.0625. The third kappa shape index (κ3) is 4.42. The second-order valence-electron chi connectivity index (χ2n) is 5.03. The molecule has 2 N–H and O–H groups in total. The molecular weight excluding hydrogens is 385 g/mol. The van der Waals surface area contributed by atoms with Crippen LogP contribution in [0.4, 0.5) is 11.4 Å². The maximum atomic E-state index is 12.3. The lowest BCUT2D eigenvalue weighted by Crippen LogP contribution is -2.22. The molecule has 1 heterocycles. The predicted molar refractivity (Wildman–Crippen MR) is 100.0 cm³/mol.